The van der Waals surface area contributed by atoms with Gasteiger partial charge in [0.25, 0.3) is 0 Å². The van der Waals surface area contributed by atoms with Crippen molar-refractivity contribution in [1.29, 1.82) is 0 Å². The van der Waals surface area contributed by atoms with Gasteiger partial charge in [0.15, 0.2) is 0 Å². The molecule has 78 valence electrons. The zero-order valence-electron chi connectivity index (χ0n) is 8.36. The lowest BCUT2D eigenvalue weighted by molar-refractivity contribution is -0.142. The van der Waals surface area contributed by atoms with Crippen LogP contribution in [0.1, 0.15) is 27.2 Å². The Morgan fingerprint density at radius 1 is 1.38 bits per heavy atom. The van der Waals surface area contributed by atoms with E-state index in [0.29, 0.717) is 0 Å². The normalized spacial score (nSPS) is 15.8. The van der Waals surface area contributed by atoms with Crippen LogP contribution in [-0.2, 0) is 9.53 Å². The van der Waals surface area contributed by atoms with Gasteiger partial charge in [0.05, 0.1) is 24.7 Å². The third-order valence-corrected chi connectivity index (χ3v) is 1.67. The first-order valence-electron chi connectivity index (χ1n) is 4.46. The highest BCUT2D eigenvalue weighted by Crippen LogP contribution is 2.07. The third kappa shape index (κ3) is 6.54. The van der Waals surface area contributed by atoms with Crippen LogP contribution < -0.4 is 0 Å². The molecule has 4 nitrogen and oxygen atoms in total. The van der Waals surface area contributed by atoms with Gasteiger partial charge in [-0.1, -0.05) is 6.92 Å². The number of carboxylic acids is 1. The highest BCUT2D eigenvalue weighted by molar-refractivity contribution is 5.69. The van der Waals surface area contributed by atoms with Crippen molar-refractivity contribution in [2.75, 3.05) is 6.61 Å². The van der Waals surface area contributed by atoms with E-state index in [4.69, 9.17) is 9.84 Å². The minimum absolute atomic E-state index is 0.0646. The summed E-state index contributed by atoms with van der Waals surface area (Å²) in [4.78, 5) is 10.4. The molecule has 2 unspecified atom stereocenters. The first-order valence-corrected chi connectivity index (χ1v) is 4.46. The summed E-state index contributed by atoms with van der Waals surface area (Å²) in [6.45, 7) is 5.51. The molecule has 0 bridgehead atoms. The molecule has 0 aromatic rings. The van der Waals surface area contributed by atoms with Gasteiger partial charge in [0.1, 0.15) is 0 Å². The smallest absolute Gasteiger partial charge is 0.306 e. The Labute approximate surface area is 78.5 Å². The van der Waals surface area contributed by atoms with Gasteiger partial charge in [-0.25, -0.2) is 0 Å². The van der Waals surface area contributed by atoms with Crippen molar-refractivity contribution in [3.05, 3.63) is 0 Å². The number of ether oxygens (including phenoxy) is 1. The van der Waals surface area contributed by atoms with Crippen LogP contribution in [0.3, 0.4) is 0 Å². The van der Waals surface area contributed by atoms with E-state index in [1.165, 1.54) is 0 Å². The van der Waals surface area contributed by atoms with E-state index in [9.17, 15) is 9.90 Å². The van der Waals surface area contributed by atoms with Crippen molar-refractivity contribution in [2.45, 2.75) is 39.4 Å². The number of hydrogen-bond acceptors (Lipinski definition) is 3. The van der Waals surface area contributed by atoms with Crippen LogP contribution in [0, 0.1) is 5.92 Å². The van der Waals surface area contributed by atoms with Gasteiger partial charge in [-0.05, 0) is 20.3 Å². The van der Waals surface area contributed by atoms with Crippen LogP contribution in [0.5, 0.6) is 0 Å². The fourth-order valence-electron chi connectivity index (χ4n) is 0.880. The maximum atomic E-state index is 10.4. The molecule has 0 amide bonds. The second-order valence-corrected chi connectivity index (χ2v) is 3.51. The first kappa shape index (κ1) is 12.4. The number of carbonyl (C=O) groups is 1. The van der Waals surface area contributed by atoms with Gasteiger partial charge in [-0.3, -0.25) is 4.79 Å². The summed E-state index contributed by atoms with van der Waals surface area (Å²) in [5.41, 5.74) is 0. The van der Waals surface area contributed by atoms with Crippen LogP contribution in [0.25, 0.3) is 0 Å². The van der Waals surface area contributed by atoms with Gasteiger partial charge >= 0.3 is 5.97 Å². The fraction of sp³-hybridized carbons (Fsp3) is 0.889. The molecular formula is C9H18O4. The lowest BCUT2D eigenvalue weighted by atomic mass is 10.0. The van der Waals surface area contributed by atoms with Gasteiger partial charge in [-0.15, -0.1) is 0 Å². The highest BCUT2D eigenvalue weighted by atomic mass is 16.5. The standard InChI is InChI=1S/C9H18O4/c1-6(2)13-5-8(10)4-7(3)9(11)12/h6-8,10H,4-5H2,1-3H3,(H,11,12). The van der Waals surface area contributed by atoms with Gasteiger partial charge in [-0.2, -0.15) is 0 Å². The molecule has 0 aliphatic heterocycles. The number of aliphatic hydroxyl groups is 1. The van der Waals surface area contributed by atoms with E-state index in [1.54, 1.807) is 6.92 Å². The predicted octanol–water partition coefficient (Wildman–Crippen LogP) is 0.883. The number of carboxylic acid groups (broad SMARTS) is 1. The molecule has 0 saturated carbocycles. The maximum Gasteiger partial charge on any atom is 0.306 e. The van der Waals surface area contributed by atoms with E-state index in [2.05, 4.69) is 0 Å². The number of aliphatic hydroxyl groups excluding tert-OH is 1. The van der Waals surface area contributed by atoms with E-state index < -0.39 is 18.0 Å². The molecule has 0 radical (unpaired) electrons. The summed E-state index contributed by atoms with van der Waals surface area (Å²) in [7, 11) is 0. The molecule has 0 saturated heterocycles. The van der Waals surface area contributed by atoms with E-state index >= 15 is 0 Å². The molecule has 0 heterocycles. The Hall–Kier alpha value is -0.610. The average molecular weight is 190 g/mol. The van der Waals surface area contributed by atoms with E-state index in [1.807, 2.05) is 13.8 Å². The van der Waals surface area contributed by atoms with Crippen LogP contribution in [0.2, 0.25) is 0 Å². The lowest BCUT2D eigenvalue weighted by Gasteiger charge is -2.15. The SMILES string of the molecule is CC(C)OCC(O)CC(C)C(=O)O. The van der Waals surface area contributed by atoms with Crippen LogP contribution in [0.15, 0.2) is 0 Å². The second kappa shape index (κ2) is 5.94. The van der Waals surface area contributed by atoms with E-state index in [0.717, 1.165) is 0 Å². The van der Waals surface area contributed by atoms with Crippen LogP contribution in [-0.4, -0.2) is 35.0 Å². The van der Waals surface area contributed by atoms with Crippen LogP contribution >= 0.6 is 0 Å². The minimum atomic E-state index is -0.886. The largest absolute Gasteiger partial charge is 0.481 e. The number of aliphatic carboxylic acids is 1. The minimum Gasteiger partial charge on any atom is -0.481 e. The average Bonchev–Trinajstić information content (AvgIpc) is 2.00. The van der Waals surface area contributed by atoms with Crippen molar-refractivity contribution >= 4 is 5.97 Å². The summed E-state index contributed by atoms with van der Waals surface area (Å²) >= 11 is 0. The molecule has 0 aromatic carbocycles. The fourth-order valence-corrected chi connectivity index (χ4v) is 0.880. The molecule has 0 rings (SSSR count). The number of hydrogen-bond donors (Lipinski definition) is 2. The predicted molar refractivity (Wildman–Crippen MR) is 48.5 cm³/mol. The monoisotopic (exact) mass is 190 g/mol. The molecule has 0 aliphatic carbocycles. The molecule has 0 aliphatic rings. The first-order chi connectivity index (χ1) is 5.93. The summed E-state index contributed by atoms with van der Waals surface area (Å²) in [6, 6.07) is 0. The Balaban J connectivity index is 3.61. The summed E-state index contributed by atoms with van der Waals surface area (Å²) in [5, 5.41) is 17.9. The molecule has 0 aromatic heterocycles. The van der Waals surface area contributed by atoms with Crippen molar-refractivity contribution in [1.82, 2.24) is 0 Å². The third-order valence-electron chi connectivity index (χ3n) is 1.67. The summed E-state index contributed by atoms with van der Waals surface area (Å²) in [5.74, 6) is -1.41. The summed E-state index contributed by atoms with van der Waals surface area (Å²) < 4.78 is 5.14. The quantitative estimate of drug-likeness (QED) is 0.652. The molecule has 2 N–H and O–H groups in total. The van der Waals surface area contributed by atoms with Crippen molar-refractivity contribution in [3.8, 4) is 0 Å². The maximum absolute atomic E-state index is 10.4. The highest BCUT2D eigenvalue weighted by Gasteiger charge is 2.16. The summed E-state index contributed by atoms with van der Waals surface area (Å²) in [6.07, 6.45) is -0.384. The molecule has 0 fully saturated rings. The Morgan fingerprint density at radius 2 is 1.92 bits per heavy atom. The zero-order valence-corrected chi connectivity index (χ0v) is 8.36. The van der Waals surface area contributed by atoms with Crippen molar-refractivity contribution in [2.24, 2.45) is 5.92 Å². The molecular weight excluding hydrogens is 172 g/mol. The lowest BCUT2D eigenvalue weighted by Crippen LogP contribution is -2.23. The second-order valence-electron chi connectivity index (χ2n) is 3.51. The molecule has 0 spiro atoms. The topological polar surface area (TPSA) is 66.8 Å². The van der Waals surface area contributed by atoms with E-state index in [-0.39, 0.29) is 19.1 Å². The van der Waals surface area contributed by atoms with Gasteiger partial charge in [0, 0.05) is 0 Å². The van der Waals surface area contributed by atoms with Crippen molar-refractivity contribution < 1.29 is 19.7 Å². The number of rotatable bonds is 6. The zero-order chi connectivity index (χ0) is 10.4. The van der Waals surface area contributed by atoms with Gasteiger partial charge in [0.2, 0.25) is 0 Å². The molecule has 4 heteroatoms. The molecule has 13 heavy (non-hydrogen) atoms. The Morgan fingerprint density at radius 3 is 2.31 bits per heavy atom. The van der Waals surface area contributed by atoms with Gasteiger partial charge < -0.3 is 14.9 Å². The van der Waals surface area contributed by atoms with Crippen molar-refractivity contribution in [3.63, 3.8) is 0 Å². The molecule has 2 atom stereocenters. The van der Waals surface area contributed by atoms with Crippen LogP contribution in [0.4, 0.5) is 0 Å². The Bertz CT molecular complexity index is 156. The Kier molecular flexibility index (Phi) is 5.66.